The summed E-state index contributed by atoms with van der Waals surface area (Å²) in [5, 5.41) is 4.60. The first-order valence-electron chi connectivity index (χ1n) is 11.7. The fraction of sp³-hybridized carbons (Fsp3) is 0.417. The van der Waals surface area contributed by atoms with E-state index < -0.39 is 11.7 Å². The first-order chi connectivity index (χ1) is 16.8. The molecule has 2 N–H and O–H groups in total. The molecule has 1 saturated heterocycles. The van der Waals surface area contributed by atoms with E-state index in [0.29, 0.717) is 28.3 Å². The van der Waals surface area contributed by atoms with Gasteiger partial charge in [-0.05, 0) is 56.3 Å². The van der Waals surface area contributed by atoms with Gasteiger partial charge in [-0.1, -0.05) is 11.6 Å². The molecule has 0 atom stereocenters. The second-order valence-electron chi connectivity index (χ2n) is 9.25. The van der Waals surface area contributed by atoms with Gasteiger partial charge in [-0.2, -0.15) is 13.2 Å². The van der Waals surface area contributed by atoms with Crippen molar-refractivity contribution in [2.45, 2.75) is 43.8 Å². The number of fused-ring (bicyclic) bond motifs is 2. The molecular formula is C24H23ClF3N7. The van der Waals surface area contributed by atoms with Crippen LogP contribution in [0.1, 0.15) is 42.7 Å². The number of alkyl halides is 3. The number of nitrogens with zero attached hydrogens (tertiary/aromatic N) is 5. The first-order valence-corrected chi connectivity index (χ1v) is 12.0. The summed E-state index contributed by atoms with van der Waals surface area (Å²) in [4.78, 5) is 22.7. The number of pyridine rings is 2. The molecular weight excluding hydrogens is 479 g/mol. The van der Waals surface area contributed by atoms with E-state index in [0.717, 1.165) is 55.9 Å². The van der Waals surface area contributed by atoms with Gasteiger partial charge in [0.25, 0.3) is 0 Å². The van der Waals surface area contributed by atoms with Gasteiger partial charge < -0.3 is 15.2 Å². The normalized spacial score (nSPS) is 17.4. The number of halogens is 4. The molecule has 1 aliphatic heterocycles. The maximum Gasteiger partial charge on any atom is 0.418 e. The van der Waals surface area contributed by atoms with Crippen molar-refractivity contribution in [3.63, 3.8) is 0 Å². The topological polar surface area (TPSA) is 82.6 Å². The number of nitrogens with one attached hydrogen (secondary N) is 2. The Balaban J connectivity index is 1.66. The number of piperidine rings is 1. The molecule has 11 heteroatoms. The molecule has 182 valence electrons. The molecule has 4 aromatic rings. The Hall–Kier alpha value is -2.98. The van der Waals surface area contributed by atoms with Crippen LogP contribution in [0.25, 0.3) is 33.3 Å². The average Bonchev–Trinajstić information content (AvgIpc) is 3.58. The van der Waals surface area contributed by atoms with Crippen molar-refractivity contribution in [3.8, 4) is 11.4 Å². The predicted octanol–water partition coefficient (Wildman–Crippen LogP) is 5.31. The highest BCUT2D eigenvalue weighted by molar-refractivity contribution is 6.34. The van der Waals surface area contributed by atoms with Crippen LogP contribution in [-0.4, -0.2) is 51.1 Å². The van der Waals surface area contributed by atoms with Crippen molar-refractivity contribution in [3.05, 3.63) is 40.9 Å². The lowest BCUT2D eigenvalue weighted by molar-refractivity contribution is -0.137. The Bertz CT molecular complexity index is 1420. The lowest BCUT2D eigenvalue weighted by Gasteiger charge is -2.33. The van der Waals surface area contributed by atoms with Crippen LogP contribution in [0.15, 0.2) is 24.7 Å². The molecule has 6 rings (SSSR count). The zero-order valence-corrected chi connectivity index (χ0v) is 19.7. The maximum atomic E-state index is 14.1. The molecule has 2 fully saturated rings. The lowest BCUT2D eigenvalue weighted by atomic mass is 10.0. The lowest BCUT2D eigenvalue weighted by Crippen LogP contribution is -2.41. The maximum absolute atomic E-state index is 14.1. The van der Waals surface area contributed by atoms with E-state index in [-0.39, 0.29) is 22.6 Å². The second kappa shape index (κ2) is 8.30. The van der Waals surface area contributed by atoms with Gasteiger partial charge in [0.1, 0.15) is 17.0 Å². The van der Waals surface area contributed by atoms with Crippen LogP contribution in [0.2, 0.25) is 5.15 Å². The summed E-state index contributed by atoms with van der Waals surface area (Å²) in [6, 6.07) is 1.75. The monoisotopic (exact) mass is 501 g/mol. The third kappa shape index (κ3) is 3.88. The molecule has 2 aliphatic rings. The molecule has 35 heavy (non-hydrogen) atoms. The van der Waals surface area contributed by atoms with E-state index in [1.165, 1.54) is 0 Å². The fourth-order valence-electron chi connectivity index (χ4n) is 5.02. The van der Waals surface area contributed by atoms with Crippen LogP contribution in [0, 0.1) is 0 Å². The van der Waals surface area contributed by atoms with E-state index in [4.69, 9.17) is 16.6 Å². The van der Waals surface area contributed by atoms with Gasteiger partial charge in [0.2, 0.25) is 0 Å². The van der Waals surface area contributed by atoms with Crippen LogP contribution in [-0.2, 0) is 6.18 Å². The molecule has 5 heterocycles. The van der Waals surface area contributed by atoms with E-state index in [9.17, 15) is 13.2 Å². The van der Waals surface area contributed by atoms with Crippen LogP contribution in [0.4, 0.5) is 19.0 Å². The molecule has 0 bridgehead atoms. The van der Waals surface area contributed by atoms with Crippen molar-refractivity contribution in [2.24, 2.45) is 0 Å². The zero-order valence-electron chi connectivity index (χ0n) is 19.0. The summed E-state index contributed by atoms with van der Waals surface area (Å²) in [7, 11) is 1.95. The highest BCUT2D eigenvalue weighted by atomic mass is 35.5. The van der Waals surface area contributed by atoms with Crippen LogP contribution in [0.3, 0.4) is 0 Å². The highest BCUT2D eigenvalue weighted by Gasteiger charge is 2.37. The van der Waals surface area contributed by atoms with Crippen molar-refractivity contribution in [2.75, 3.05) is 25.0 Å². The van der Waals surface area contributed by atoms with Crippen LogP contribution in [0.5, 0.6) is 0 Å². The van der Waals surface area contributed by atoms with E-state index in [1.54, 1.807) is 18.5 Å². The van der Waals surface area contributed by atoms with E-state index in [2.05, 4.69) is 30.2 Å². The van der Waals surface area contributed by atoms with Gasteiger partial charge in [-0.3, -0.25) is 0 Å². The standard InChI is InChI=1S/C24H23ClF3N7/c1-35(13-4-7-29-8-5-13)23-18-15(12-2-3-12)10-31-20(25)19(18)33-22(34-23)17-14-6-9-30-21(14)32-11-16(17)24(26,27)28/h6,9-13,29H,2-5,7-8H2,1H3,(H,30,32). The van der Waals surface area contributed by atoms with Gasteiger partial charge in [0.15, 0.2) is 11.0 Å². The summed E-state index contributed by atoms with van der Waals surface area (Å²) in [5.41, 5.74) is 0.719. The third-order valence-electron chi connectivity index (χ3n) is 7.01. The number of aromatic nitrogens is 5. The Kier molecular flexibility index (Phi) is 5.33. The Morgan fingerprint density at radius 2 is 1.83 bits per heavy atom. The molecule has 0 amide bonds. The quantitative estimate of drug-likeness (QED) is 0.369. The Morgan fingerprint density at radius 1 is 1.06 bits per heavy atom. The minimum Gasteiger partial charge on any atom is -0.356 e. The molecule has 1 aliphatic carbocycles. The van der Waals surface area contributed by atoms with Gasteiger partial charge in [0.05, 0.1) is 10.9 Å². The number of rotatable bonds is 4. The first kappa shape index (κ1) is 22.5. The third-order valence-corrected chi connectivity index (χ3v) is 7.29. The van der Waals surface area contributed by atoms with E-state index >= 15 is 0 Å². The number of hydrogen-bond donors (Lipinski definition) is 2. The van der Waals surface area contributed by atoms with Crippen molar-refractivity contribution >= 4 is 39.4 Å². The number of hydrogen-bond acceptors (Lipinski definition) is 6. The van der Waals surface area contributed by atoms with Crippen molar-refractivity contribution in [1.29, 1.82) is 0 Å². The van der Waals surface area contributed by atoms with Gasteiger partial charge >= 0.3 is 6.18 Å². The second-order valence-corrected chi connectivity index (χ2v) is 9.61. The average molecular weight is 502 g/mol. The smallest absolute Gasteiger partial charge is 0.356 e. The molecule has 0 aromatic carbocycles. The predicted molar refractivity (Wildman–Crippen MR) is 129 cm³/mol. The van der Waals surface area contributed by atoms with Crippen LogP contribution >= 0.6 is 11.6 Å². The molecule has 7 nitrogen and oxygen atoms in total. The SMILES string of the molecule is CN(c1nc(-c2c(C(F)(F)F)cnc3[nH]ccc23)nc2c(Cl)ncc(C3CC3)c12)C1CCNCC1. The summed E-state index contributed by atoms with van der Waals surface area (Å²) in [5.74, 6) is 0.890. The van der Waals surface area contributed by atoms with Crippen molar-refractivity contribution in [1.82, 2.24) is 30.2 Å². The highest BCUT2D eigenvalue weighted by Crippen LogP contribution is 2.47. The van der Waals surface area contributed by atoms with Gasteiger partial charge in [0, 0.05) is 42.6 Å². The molecule has 4 aromatic heterocycles. The van der Waals surface area contributed by atoms with E-state index in [1.807, 2.05) is 7.05 Å². The number of aromatic amines is 1. The van der Waals surface area contributed by atoms with Crippen LogP contribution < -0.4 is 10.2 Å². The molecule has 0 spiro atoms. The Labute approximate surface area is 204 Å². The van der Waals surface area contributed by atoms with Gasteiger partial charge in [-0.15, -0.1) is 0 Å². The largest absolute Gasteiger partial charge is 0.418 e. The zero-order chi connectivity index (χ0) is 24.3. The summed E-state index contributed by atoms with van der Waals surface area (Å²) in [6.07, 6.45) is 3.39. The number of anilines is 1. The van der Waals surface area contributed by atoms with Crippen molar-refractivity contribution < 1.29 is 13.2 Å². The molecule has 1 saturated carbocycles. The summed E-state index contributed by atoms with van der Waals surface area (Å²) < 4.78 is 42.4. The fourth-order valence-corrected chi connectivity index (χ4v) is 5.20. The molecule has 0 radical (unpaired) electrons. The summed E-state index contributed by atoms with van der Waals surface area (Å²) >= 11 is 6.53. The Morgan fingerprint density at radius 3 is 2.54 bits per heavy atom. The minimum absolute atomic E-state index is 0.0377. The number of H-pyrrole nitrogens is 1. The molecule has 0 unspecified atom stereocenters. The summed E-state index contributed by atoms with van der Waals surface area (Å²) in [6.45, 7) is 1.74. The minimum atomic E-state index is -4.63. The van der Waals surface area contributed by atoms with Gasteiger partial charge in [-0.25, -0.2) is 19.9 Å².